The molecule has 1 N–H and O–H groups in total. The van der Waals surface area contributed by atoms with Crippen LogP contribution in [0, 0.1) is 0 Å². The van der Waals surface area contributed by atoms with Gasteiger partial charge in [-0.2, -0.15) is 0 Å². The predicted molar refractivity (Wildman–Crippen MR) is 16.2 cm³/mol. The van der Waals surface area contributed by atoms with Crippen molar-refractivity contribution < 1.29 is 9.90 Å². The van der Waals surface area contributed by atoms with Gasteiger partial charge in [-0.15, -0.1) is 0 Å². The molecule has 0 aliphatic heterocycles. The molecular weight excluding hydrogens is 137 g/mol. The minimum absolute atomic E-state index is 1.18. The van der Waals surface area contributed by atoms with E-state index >= 15 is 0 Å². The van der Waals surface area contributed by atoms with E-state index < -0.39 is 6.09 Å². The summed E-state index contributed by atoms with van der Waals surface area (Å²) in [5, 5.41) is 7.52. The molecule has 0 saturated carbocycles. The van der Waals surface area contributed by atoms with Crippen molar-refractivity contribution in [2.75, 3.05) is 0 Å². The molecule has 3 nitrogen and oxygen atoms in total. The number of carbonyl (C=O) groups is 1. The molecule has 0 spiro atoms. The molecule has 0 aromatic heterocycles. The number of nitrogens with zero attached hydrogens (tertiary/aromatic N) is 1. The fraction of sp³-hybridized carbons (Fsp3) is 0. The molecule has 0 unspecified atom stereocenters. The molecule has 0 aliphatic rings. The fourth-order valence-corrected chi connectivity index (χ4v) is 0. The van der Waals surface area contributed by atoms with E-state index in [1.807, 2.05) is 15.8 Å². The van der Waals surface area contributed by atoms with Crippen molar-refractivity contribution in [2.24, 2.45) is 3.96 Å². The van der Waals surface area contributed by atoms with Crippen LogP contribution in [0.5, 0.6) is 0 Å². The first-order valence-corrected chi connectivity index (χ1v) is 1.60. The summed E-state index contributed by atoms with van der Waals surface area (Å²) in [6.07, 6.45) is -1.18. The van der Waals surface area contributed by atoms with Gasteiger partial charge in [0.1, 0.15) is 0 Å². The Labute approximate surface area is 36.6 Å². The summed E-state index contributed by atoms with van der Waals surface area (Å²) in [6, 6.07) is 0. The predicted octanol–water partition coefficient (Wildman–Crippen LogP) is 0.0165. The molecule has 1 amide bonds. The molecule has 0 fully saturated rings. The molecule has 0 atom stereocenters. The number of amides is 1. The first-order chi connectivity index (χ1) is 2.27. The van der Waals surface area contributed by atoms with Crippen molar-refractivity contribution in [2.45, 2.75) is 0 Å². The van der Waals surface area contributed by atoms with Crippen molar-refractivity contribution in [3.8, 4) is 0 Å². The summed E-state index contributed by atoms with van der Waals surface area (Å²) >= 11 is 1.97. The summed E-state index contributed by atoms with van der Waals surface area (Å²) in [5.74, 6) is 0. The van der Waals surface area contributed by atoms with Crippen molar-refractivity contribution in [3.05, 3.63) is 0 Å². The molecular formula is CHNO2Se. The first kappa shape index (κ1) is 4.79. The Morgan fingerprint density at radius 1 is 2.00 bits per heavy atom. The maximum atomic E-state index is 9.17. The molecule has 0 saturated heterocycles. The average molecular weight is 138 g/mol. The SMILES string of the molecule is O=C(O)N=[Se]. The van der Waals surface area contributed by atoms with Crippen LogP contribution in [0.3, 0.4) is 0 Å². The molecule has 28 valence electrons. The summed E-state index contributed by atoms with van der Waals surface area (Å²) < 4.78 is 2.68. The fourth-order valence-electron chi connectivity index (χ4n) is 0. The Bertz CT molecular complexity index is 60.7. The number of hydrogen-bond acceptors (Lipinski definition) is 1. The van der Waals surface area contributed by atoms with Gasteiger partial charge in [0.2, 0.25) is 0 Å². The second-order valence-electron chi connectivity index (χ2n) is 0.374. The van der Waals surface area contributed by atoms with Gasteiger partial charge in [-0.25, -0.2) is 0 Å². The van der Waals surface area contributed by atoms with E-state index in [1.54, 1.807) is 0 Å². The normalized spacial score (nSPS) is 6.40. The van der Waals surface area contributed by atoms with Crippen molar-refractivity contribution in [1.29, 1.82) is 0 Å². The summed E-state index contributed by atoms with van der Waals surface area (Å²) in [4.78, 5) is 9.17. The van der Waals surface area contributed by atoms with Crippen molar-refractivity contribution in [3.63, 3.8) is 0 Å². The Balaban J connectivity index is 3.20. The van der Waals surface area contributed by atoms with Gasteiger partial charge in [0.25, 0.3) is 0 Å². The minimum atomic E-state index is -1.18. The number of carboxylic acid groups (broad SMARTS) is 1. The summed E-state index contributed by atoms with van der Waals surface area (Å²) in [5.41, 5.74) is 0. The quantitative estimate of drug-likeness (QED) is 0.479. The molecule has 0 rings (SSSR count). The van der Waals surface area contributed by atoms with Crippen molar-refractivity contribution in [1.82, 2.24) is 0 Å². The van der Waals surface area contributed by atoms with Crippen LogP contribution in [-0.4, -0.2) is 27.0 Å². The van der Waals surface area contributed by atoms with Gasteiger partial charge in [0, 0.05) is 0 Å². The van der Waals surface area contributed by atoms with Crippen molar-refractivity contribution >= 4 is 21.9 Å². The number of rotatable bonds is 0. The zero-order valence-corrected chi connectivity index (χ0v) is 3.92. The first-order valence-electron chi connectivity index (χ1n) is 0.834. The molecule has 5 heavy (non-hydrogen) atoms. The second-order valence-corrected chi connectivity index (χ2v) is 0.757. The Hall–Kier alpha value is -0.211. The molecule has 0 aromatic carbocycles. The third kappa shape index (κ3) is 3.79. The van der Waals surface area contributed by atoms with E-state index in [-0.39, 0.29) is 0 Å². The Morgan fingerprint density at radius 3 is 2.20 bits per heavy atom. The van der Waals surface area contributed by atoms with E-state index in [4.69, 9.17) is 5.11 Å². The van der Waals surface area contributed by atoms with E-state index in [0.717, 1.165) is 0 Å². The van der Waals surface area contributed by atoms with Crippen LogP contribution in [0.4, 0.5) is 4.79 Å². The van der Waals surface area contributed by atoms with Gasteiger partial charge in [-0.05, 0) is 0 Å². The Morgan fingerprint density at radius 2 is 2.20 bits per heavy atom. The molecule has 4 heteroatoms. The van der Waals surface area contributed by atoms with Crippen LogP contribution in [-0.2, 0) is 0 Å². The Kier molecular flexibility index (Phi) is 1.97. The topological polar surface area (TPSA) is 49.7 Å². The molecule has 0 bridgehead atoms. The van der Waals surface area contributed by atoms with Gasteiger partial charge in [0.15, 0.2) is 0 Å². The van der Waals surface area contributed by atoms with Gasteiger partial charge < -0.3 is 0 Å². The third-order valence-electron chi connectivity index (χ3n) is 0.0781. The zero-order chi connectivity index (χ0) is 4.28. The second kappa shape index (κ2) is 2.05. The van der Waals surface area contributed by atoms with E-state index in [9.17, 15) is 4.79 Å². The van der Waals surface area contributed by atoms with Crippen LogP contribution in [0.2, 0.25) is 0 Å². The van der Waals surface area contributed by atoms with Gasteiger partial charge in [-0.1, -0.05) is 0 Å². The van der Waals surface area contributed by atoms with Gasteiger partial charge in [-0.3, -0.25) is 0 Å². The summed E-state index contributed by atoms with van der Waals surface area (Å²) in [6.45, 7) is 0. The third-order valence-corrected chi connectivity index (χ3v) is 0.406. The summed E-state index contributed by atoms with van der Waals surface area (Å²) in [7, 11) is 0. The maximum absolute atomic E-state index is 9.17. The van der Waals surface area contributed by atoms with E-state index in [2.05, 4.69) is 3.96 Å². The van der Waals surface area contributed by atoms with Crippen LogP contribution in [0.25, 0.3) is 0 Å². The van der Waals surface area contributed by atoms with Gasteiger partial charge in [0.05, 0.1) is 0 Å². The van der Waals surface area contributed by atoms with Crippen LogP contribution in [0.1, 0.15) is 0 Å². The molecule has 0 radical (unpaired) electrons. The number of hydrogen-bond donors (Lipinski definition) is 1. The molecule has 0 heterocycles. The van der Waals surface area contributed by atoms with E-state index in [0.29, 0.717) is 0 Å². The van der Waals surface area contributed by atoms with Crippen LogP contribution >= 0.6 is 0 Å². The standard InChI is InChI=1S/CHNO2Se/c3-1(4)2-5/h(H,3,4). The molecule has 0 aliphatic carbocycles. The van der Waals surface area contributed by atoms with Crippen LogP contribution in [0.15, 0.2) is 3.96 Å². The van der Waals surface area contributed by atoms with Gasteiger partial charge >= 0.3 is 35.8 Å². The monoisotopic (exact) mass is 139 g/mol. The van der Waals surface area contributed by atoms with Crippen LogP contribution < -0.4 is 0 Å². The van der Waals surface area contributed by atoms with E-state index in [1.165, 1.54) is 0 Å². The average Bonchev–Trinajstić information content (AvgIpc) is 1.38. The molecule has 0 aromatic rings. The zero-order valence-electron chi connectivity index (χ0n) is 2.21.